The van der Waals surface area contributed by atoms with Crippen molar-refractivity contribution in [1.29, 1.82) is 0 Å². The molecule has 71 heavy (non-hydrogen) atoms. The van der Waals surface area contributed by atoms with E-state index in [9.17, 15) is 29.1 Å². The second kappa shape index (κ2) is 24.2. The van der Waals surface area contributed by atoms with Crippen molar-refractivity contribution in [2.45, 2.75) is 91.4 Å². The van der Waals surface area contributed by atoms with Crippen LogP contribution in [0.1, 0.15) is 65.0 Å². The molecule has 3 N–H and O–H groups in total. The number of benzene rings is 3. The number of hydrogen-bond donors (Lipinski definition) is 3. The van der Waals surface area contributed by atoms with Gasteiger partial charge in [0.1, 0.15) is 36.2 Å². The van der Waals surface area contributed by atoms with Crippen LogP contribution in [0.25, 0.3) is 33.3 Å². The fraction of sp³-hybridized carbons (Fsp3) is 0.481. The van der Waals surface area contributed by atoms with Gasteiger partial charge in [0, 0.05) is 68.6 Å². The number of esters is 1. The van der Waals surface area contributed by atoms with Crippen LogP contribution in [-0.4, -0.2) is 126 Å². The summed E-state index contributed by atoms with van der Waals surface area (Å²) in [5.41, 5.74) is 10.0. The summed E-state index contributed by atoms with van der Waals surface area (Å²) in [6.07, 6.45) is 3.22. The average molecular weight is 1050 g/mol. The molecule has 19 heteroatoms. The SMILES string of the molecule is C=CC(=O)N1CC[C@H](C(=O)N(C)[C@H](C(=O)N[C@H]2Cc3cc(O)cc(c3)-c3ccc4c(c3)c(c(-c3ccc5c(c3)OCCN5C)n4CC)CC(C)(C)COC(=O)[C@@H]3CCCN(N3)C2=O)C(C)C)C1.S.S.S.S. The van der Waals surface area contributed by atoms with Gasteiger partial charge in [0.2, 0.25) is 17.7 Å². The number of carbonyl (C=O) groups excluding carboxylic acids is 5. The van der Waals surface area contributed by atoms with E-state index in [1.165, 1.54) is 16.0 Å². The Hall–Kier alpha value is -4.95. The molecule has 388 valence electrons. The zero-order chi connectivity index (χ0) is 47.9. The largest absolute Gasteiger partial charge is 0.508 e. The molecule has 0 saturated carbocycles. The van der Waals surface area contributed by atoms with Crippen LogP contribution in [0, 0.1) is 17.3 Å². The Morgan fingerprint density at radius 2 is 1.69 bits per heavy atom. The van der Waals surface area contributed by atoms with Gasteiger partial charge >= 0.3 is 5.97 Å². The van der Waals surface area contributed by atoms with Gasteiger partial charge in [-0.15, -0.1) is 0 Å². The van der Waals surface area contributed by atoms with E-state index in [2.05, 4.69) is 84.9 Å². The van der Waals surface area contributed by atoms with Crippen molar-refractivity contribution in [3.63, 3.8) is 0 Å². The van der Waals surface area contributed by atoms with Gasteiger partial charge in [-0.1, -0.05) is 52.5 Å². The third kappa shape index (κ3) is 12.3. The summed E-state index contributed by atoms with van der Waals surface area (Å²) in [5, 5.41) is 16.8. The monoisotopic (exact) mass is 1050 g/mol. The van der Waals surface area contributed by atoms with E-state index in [-0.39, 0.29) is 104 Å². The minimum Gasteiger partial charge on any atom is -0.508 e. The van der Waals surface area contributed by atoms with E-state index in [1.807, 2.05) is 26.0 Å². The number of nitrogens with one attached hydrogen (secondary N) is 2. The highest BCUT2D eigenvalue weighted by Crippen LogP contribution is 2.43. The van der Waals surface area contributed by atoms with Crippen molar-refractivity contribution >= 4 is 100 Å². The summed E-state index contributed by atoms with van der Waals surface area (Å²) in [7, 11) is 3.65. The maximum atomic E-state index is 14.7. The molecule has 2 saturated heterocycles. The molecule has 4 aliphatic rings. The lowest BCUT2D eigenvalue weighted by atomic mass is 9.84. The topological polar surface area (TPSA) is 166 Å². The van der Waals surface area contributed by atoms with E-state index < -0.39 is 47.2 Å². The van der Waals surface area contributed by atoms with E-state index in [0.717, 1.165) is 56.8 Å². The predicted molar refractivity (Wildman–Crippen MR) is 299 cm³/mol. The number of likely N-dealkylation sites (N-methyl/N-ethyl adjacent to an activating group) is 2. The Labute approximate surface area is 445 Å². The fourth-order valence-electron chi connectivity index (χ4n) is 10.4. The van der Waals surface area contributed by atoms with E-state index in [4.69, 9.17) is 9.47 Å². The van der Waals surface area contributed by atoms with Crippen LogP contribution < -0.4 is 20.4 Å². The number of rotatable bonds is 8. The molecule has 0 radical (unpaired) electrons. The van der Waals surface area contributed by atoms with Crippen LogP contribution in [0.5, 0.6) is 11.5 Å². The minimum absolute atomic E-state index is 0. The summed E-state index contributed by atoms with van der Waals surface area (Å²) < 4.78 is 14.6. The van der Waals surface area contributed by atoms with Gasteiger partial charge in [0.05, 0.1) is 30.5 Å². The quantitative estimate of drug-likeness (QED) is 0.138. The highest BCUT2D eigenvalue weighted by atomic mass is 32.1. The number of anilines is 1. The minimum atomic E-state index is -1.16. The third-order valence-electron chi connectivity index (χ3n) is 13.9. The van der Waals surface area contributed by atoms with Gasteiger partial charge in [-0.2, -0.15) is 54.0 Å². The number of hydrogen-bond acceptors (Lipinski definition) is 10. The Morgan fingerprint density at radius 3 is 2.39 bits per heavy atom. The first-order chi connectivity index (χ1) is 32.0. The molecule has 0 spiro atoms. The fourth-order valence-corrected chi connectivity index (χ4v) is 10.4. The Bertz CT molecular complexity index is 2620. The van der Waals surface area contributed by atoms with Gasteiger partial charge in [0.25, 0.3) is 5.91 Å². The zero-order valence-corrected chi connectivity index (χ0v) is 45.9. The van der Waals surface area contributed by atoms with Crippen LogP contribution in [0.2, 0.25) is 0 Å². The van der Waals surface area contributed by atoms with E-state index in [0.29, 0.717) is 50.9 Å². The third-order valence-corrected chi connectivity index (χ3v) is 13.9. The van der Waals surface area contributed by atoms with Crippen LogP contribution in [-0.2, 0) is 48.1 Å². The number of phenolic OH excluding ortho intramolecular Hbond substituents is 1. The highest BCUT2D eigenvalue weighted by Gasteiger charge is 2.40. The maximum absolute atomic E-state index is 14.7. The number of amides is 4. The van der Waals surface area contributed by atoms with Crippen LogP contribution in [0.15, 0.2) is 67.3 Å². The molecule has 4 atom stereocenters. The zero-order valence-electron chi connectivity index (χ0n) is 41.9. The molecule has 5 heterocycles. The molecular weight excluding hydrogens is 979 g/mol. The number of likely N-dealkylation sites (tertiary alicyclic amines) is 1. The van der Waals surface area contributed by atoms with E-state index in [1.54, 1.807) is 24.1 Å². The summed E-state index contributed by atoms with van der Waals surface area (Å²) in [5.74, 6) is -1.99. The van der Waals surface area contributed by atoms with E-state index >= 15 is 0 Å². The predicted octanol–water partition coefficient (Wildman–Crippen LogP) is 6.15. The van der Waals surface area contributed by atoms with Crippen molar-refractivity contribution in [3.05, 3.63) is 78.4 Å². The Morgan fingerprint density at radius 1 is 0.958 bits per heavy atom. The van der Waals surface area contributed by atoms with Crippen molar-refractivity contribution in [1.82, 2.24) is 30.1 Å². The second-order valence-electron chi connectivity index (χ2n) is 19.8. The lowest BCUT2D eigenvalue weighted by Gasteiger charge is -2.37. The summed E-state index contributed by atoms with van der Waals surface area (Å²) in [6, 6.07) is 15.0. The standard InChI is InChI=1S/C52H65N7O8.4H2S/c1-9-45(61)57-19-17-35(29-57)49(63)56(8)46(31(3)4)48(62)53-41-24-32-22-36(25-37(60)23-32)33-13-15-42-38(26-33)39(28-52(5,6)30-67-51(65)40-12-11-18-59(54-40)50(41)64)47(58(42)10-2)34-14-16-43-44(27-34)66-21-20-55(43)7;;;;/h9,13-16,22-23,25-27,31,35,40-41,46,54,60H,1,10-12,17-21,24,28-30H2,2-8H3,(H,53,62);4*1H2/t35-,40-,41-,46-;;;;/m0..../s1. The smallest absolute Gasteiger partial charge is 0.324 e. The Kier molecular flexibility index (Phi) is 20.0. The first kappa shape index (κ1) is 58.6. The number of carbonyl (C=O) groups is 5. The second-order valence-corrected chi connectivity index (χ2v) is 19.8. The average Bonchev–Trinajstić information content (AvgIpc) is 3.92. The molecule has 4 aromatic rings. The van der Waals surface area contributed by atoms with Gasteiger partial charge in [-0.05, 0) is 103 Å². The Balaban J connectivity index is 0.00000274. The highest BCUT2D eigenvalue weighted by molar-refractivity contribution is 7.59. The number of phenols is 1. The van der Waals surface area contributed by atoms with Crippen molar-refractivity contribution in [2.75, 3.05) is 58.4 Å². The molecule has 2 fully saturated rings. The molecule has 1 aromatic heterocycles. The first-order valence-corrected chi connectivity index (χ1v) is 23.7. The molecule has 0 aliphatic carbocycles. The van der Waals surface area contributed by atoms with Crippen LogP contribution in [0.3, 0.4) is 0 Å². The summed E-state index contributed by atoms with van der Waals surface area (Å²) >= 11 is 0. The van der Waals surface area contributed by atoms with Crippen molar-refractivity contribution in [3.8, 4) is 33.9 Å². The van der Waals surface area contributed by atoms with Gasteiger partial charge < -0.3 is 39.2 Å². The van der Waals surface area contributed by atoms with Gasteiger partial charge in [-0.25, -0.2) is 5.43 Å². The van der Waals surface area contributed by atoms with Crippen LogP contribution in [0.4, 0.5) is 5.69 Å². The number of ether oxygens (including phenoxy) is 2. The molecule has 4 amide bonds. The molecular formula is C52H73N7O8S4. The number of cyclic esters (lactones) is 1. The molecule has 0 unspecified atom stereocenters. The van der Waals surface area contributed by atoms with Crippen LogP contribution >= 0.6 is 54.0 Å². The van der Waals surface area contributed by atoms with Gasteiger partial charge in [-0.3, -0.25) is 29.0 Å². The number of aromatic hydroxyl groups is 1. The number of hydrazine groups is 1. The molecule has 4 aliphatic heterocycles. The lowest BCUT2D eigenvalue weighted by Crippen LogP contribution is -2.62. The van der Waals surface area contributed by atoms with Crippen molar-refractivity contribution in [2.24, 2.45) is 17.3 Å². The number of aryl methyl sites for hydroxylation is 1. The molecule has 8 rings (SSSR count). The normalized spacial score (nSPS) is 20.1. The van der Waals surface area contributed by atoms with Crippen molar-refractivity contribution < 1.29 is 38.6 Å². The molecule has 3 aromatic carbocycles. The molecule has 6 bridgehead atoms. The lowest BCUT2D eigenvalue weighted by molar-refractivity contribution is -0.155. The summed E-state index contributed by atoms with van der Waals surface area (Å²) in [6.45, 7) is 16.7. The summed E-state index contributed by atoms with van der Waals surface area (Å²) in [4.78, 5) is 74.6. The molecule has 15 nitrogen and oxygen atoms in total. The number of nitrogens with zero attached hydrogens (tertiary/aromatic N) is 5. The number of fused-ring (bicyclic) bond motifs is 7. The maximum Gasteiger partial charge on any atom is 0.324 e. The van der Waals surface area contributed by atoms with Gasteiger partial charge in [0.15, 0.2) is 0 Å². The first-order valence-electron chi connectivity index (χ1n) is 23.7. The number of aromatic nitrogens is 1.